The Labute approximate surface area is 137 Å². The first-order chi connectivity index (χ1) is 11.6. The number of imidazole rings is 1. The van der Waals surface area contributed by atoms with Crippen molar-refractivity contribution in [2.24, 2.45) is 11.8 Å². The Bertz CT molecular complexity index is 868. The molecule has 1 amide bonds. The van der Waals surface area contributed by atoms with Gasteiger partial charge in [-0.25, -0.2) is 9.59 Å². The molecule has 1 aromatic heterocycles. The smallest absolute Gasteiger partial charge is 0.326 e. The van der Waals surface area contributed by atoms with E-state index >= 15 is 0 Å². The summed E-state index contributed by atoms with van der Waals surface area (Å²) >= 11 is 0. The van der Waals surface area contributed by atoms with Crippen LogP contribution in [0.5, 0.6) is 0 Å². The molecule has 3 atom stereocenters. The molecule has 0 spiro atoms. The van der Waals surface area contributed by atoms with Crippen LogP contribution in [0.25, 0.3) is 11.0 Å². The molecule has 1 aliphatic heterocycles. The van der Waals surface area contributed by atoms with Crippen molar-refractivity contribution in [3.63, 3.8) is 0 Å². The van der Waals surface area contributed by atoms with Crippen LogP contribution in [0.1, 0.15) is 19.3 Å². The summed E-state index contributed by atoms with van der Waals surface area (Å²) < 4.78 is 1.38. The summed E-state index contributed by atoms with van der Waals surface area (Å²) in [5.41, 5.74) is 0.973. The SMILES string of the molecule is O=C(O)C1C2CCCC2CN1C(=O)Cn1c(=O)[nH]c2ccccc21. The van der Waals surface area contributed by atoms with Gasteiger partial charge in [0.1, 0.15) is 12.6 Å². The van der Waals surface area contributed by atoms with Crippen LogP contribution >= 0.6 is 0 Å². The number of carboxylic acids is 1. The minimum absolute atomic E-state index is 0.0474. The van der Waals surface area contributed by atoms with Gasteiger partial charge < -0.3 is 15.0 Å². The lowest BCUT2D eigenvalue weighted by Crippen LogP contribution is -2.45. The maximum absolute atomic E-state index is 12.7. The molecule has 2 aromatic rings. The number of carboxylic acid groups (broad SMARTS) is 1. The molecular weight excluding hydrogens is 310 g/mol. The van der Waals surface area contributed by atoms with Gasteiger partial charge in [0.15, 0.2) is 0 Å². The first kappa shape index (κ1) is 15.0. The van der Waals surface area contributed by atoms with E-state index in [2.05, 4.69) is 4.98 Å². The number of benzene rings is 1. The molecule has 1 saturated carbocycles. The first-order valence-electron chi connectivity index (χ1n) is 8.26. The van der Waals surface area contributed by atoms with Gasteiger partial charge in [-0.2, -0.15) is 0 Å². The largest absolute Gasteiger partial charge is 0.480 e. The van der Waals surface area contributed by atoms with Crippen molar-refractivity contribution < 1.29 is 14.7 Å². The van der Waals surface area contributed by atoms with E-state index in [0.29, 0.717) is 17.6 Å². The Morgan fingerprint density at radius 2 is 2.04 bits per heavy atom. The number of rotatable bonds is 3. The molecule has 7 heteroatoms. The second-order valence-corrected chi connectivity index (χ2v) is 6.72. The number of amides is 1. The van der Waals surface area contributed by atoms with Crippen molar-refractivity contribution in [1.29, 1.82) is 0 Å². The predicted molar refractivity (Wildman–Crippen MR) is 86.5 cm³/mol. The van der Waals surface area contributed by atoms with Gasteiger partial charge in [0, 0.05) is 6.54 Å². The zero-order chi connectivity index (χ0) is 16.8. The number of H-pyrrole nitrogens is 1. The van der Waals surface area contributed by atoms with Crippen LogP contribution in [0.3, 0.4) is 0 Å². The number of hydrogen-bond acceptors (Lipinski definition) is 3. The summed E-state index contributed by atoms with van der Waals surface area (Å²) in [6, 6.07) is 6.40. The Morgan fingerprint density at radius 3 is 2.83 bits per heavy atom. The Morgan fingerprint density at radius 1 is 1.25 bits per heavy atom. The summed E-state index contributed by atoms with van der Waals surface area (Å²) in [6.07, 6.45) is 2.87. The molecular formula is C17H19N3O4. The third kappa shape index (κ3) is 2.23. The van der Waals surface area contributed by atoms with E-state index in [0.717, 1.165) is 19.3 Å². The van der Waals surface area contributed by atoms with Crippen LogP contribution in [0.4, 0.5) is 0 Å². The minimum atomic E-state index is -0.941. The highest BCUT2D eigenvalue weighted by molar-refractivity contribution is 5.86. The number of nitrogens with zero attached hydrogens (tertiary/aromatic N) is 2. The van der Waals surface area contributed by atoms with E-state index in [1.165, 1.54) is 9.47 Å². The maximum atomic E-state index is 12.7. The first-order valence-corrected chi connectivity index (χ1v) is 8.26. The molecule has 1 aliphatic carbocycles. The van der Waals surface area contributed by atoms with E-state index in [1.54, 1.807) is 18.2 Å². The van der Waals surface area contributed by atoms with Crippen molar-refractivity contribution in [2.75, 3.05) is 6.54 Å². The Kier molecular flexibility index (Phi) is 3.44. The lowest BCUT2D eigenvalue weighted by Gasteiger charge is -2.24. The van der Waals surface area contributed by atoms with Crippen LogP contribution in [0.2, 0.25) is 0 Å². The highest BCUT2D eigenvalue weighted by Gasteiger charge is 2.49. The van der Waals surface area contributed by atoms with E-state index in [9.17, 15) is 19.5 Å². The summed E-state index contributed by atoms with van der Waals surface area (Å²) in [6.45, 7) is 0.351. The van der Waals surface area contributed by atoms with Crippen LogP contribution in [-0.4, -0.2) is 44.0 Å². The number of aliphatic carboxylic acids is 1. The average molecular weight is 329 g/mol. The summed E-state index contributed by atoms with van der Waals surface area (Å²) in [7, 11) is 0. The molecule has 0 bridgehead atoms. The lowest BCUT2D eigenvalue weighted by atomic mass is 9.94. The number of para-hydroxylation sites is 2. The standard InChI is InChI=1S/C17H19N3O4/c21-14(9-19-13-7-2-1-6-12(13)18-17(19)24)20-8-10-4-3-5-11(10)15(20)16(22)23/h1-2,6-7,10-11,15H,3-5,8-9H2,(H,18,24)(H,22,23). The topological polar surface area (TPSA) is 95.4 Å². The second-order valence-electron chi connectivity index (χ2n) is 6.72. The summed E-state index contributed by atoms with van der Waals surface area (Å²) in [4.78, 5) is 40.7. The Balaban J connectivity index is 1.63. The normalized spacial score (nSPS) is 26.0. The predicted octanol–water partition coefficient (Wildman–Crippen LogP) is 1.04. The van der Waals surface area contributed by atoms with Crippen LogP contribution in [0, 0.1) is 11.8 Å². The highest BCUT2D eigenvalue weighted by Crippen LogP contribution is 2.42. The number of aromatic nitrogens is 2. The van der Waals surface area contributed by atoms with Crippen molar-refractivity contribution in [3.8, 4) is 0 Å². The average Bonchev–Trinajstić information content (AvgIpc) is 3.20. The fourth-order valence-corrected chi connectivity index (χ4v) is 4.37. The number of nitrogens with one attached hydrogen (secondary N) is 1. The number of aromatic amines is 1. The monoisotopic (exact) mass is 329 g/mol. The molecule has 1 aromatic carbocycles. The van der Waals surface area contributed by atoms with Gasteiger partial charge in [0.2, 0.25) is 5.91 Å². The zero-order valence-electron chi connectivity index (χ0n) is 13.1. The molecule has 24 heavy (non-hydrogen) atoms. The molecule has 2 aliphatic rings. The molecule has 7 nitrogen and oxygen atoms in total. The third-order valence-corrected chi connectivity index (χ3v) is 5.44. The summed E-state index contributed by atoms with van der Waals surface area (Å²) in [5.74, 6) is -0.923. The molecule has 2 N–H and O–H groups in total. The minimum Gasteiger partial charge on any atom is -0.480 e. The number of fused-ring (bicyclic) bond motifs is 2. The van der Waals surface area contributed by atoms with Gasteiger partial charge in [0.05, 0.1) is 11.0 Å². The quantitative estimate of drug-likeness (QED) is 0.879. The fourth-order valence-electron chi connectivity index (χ4n) is 4.37. The summed E-state index contributed by atoms with van der Waals surface area (Å²) in [5, 5.41) is 9.56. The van der Waals surface area contributed by atoms with Crippen LogP contribution < -0.4 is 5.69 Å². The van der Waals surface area contributed by atoms with E-state index in [4.69, 9.17) is 0 Å². The van der Waals surface area contributed by atoms with E-state index in [1.807, 2.05) is 6.07 Å². The number of likely N-dealkylation sites (tertiary alicyclic amines) is 1. The Hall–Kier alpha value is -2.57. The molecule has 4 rings (SSSR count). The van der Waals surface area contributed by atoms with Crippen LogP contribution in [-0.2, 0) is 16.1 Å². The van der Waals surface area contributed by atoms with Gasteiger partial charge >= 0.3 is 11.7 Å². The van der Waals surface area contributed by atoms with Gasteiger partial charge in [-0.15, -0.1) is 0 Å². The molecule has 3 unspecified atom stereocenters. The van der Waals surface area contributed by atoms with Gasteiger partial charge in [-0.05, 0) is 36.8 Å². The maximum Gasteiger partial charge on any atom is 0.326 e. The zero-order valence-corrected chi connectivity index (χ0v) is 13.1. The highest BCUT2D eigenvalue weighted by atomic mass is 16.4. The fraction of sp³-hybridized carbons (Fsp3) is 0.471. The third-order valence-electron chi connectivity index (χ3n) is 5.44. The van der Waals surface area contributed by atoms with Gasteiger partial charge in [-0.3, -0.25) is 9.36 Å². The molecule has 2 heterocycles. The molecule has 2 fully saturated rings. The van der Waals surface area contributed by atoms with E-state index in [-0.39, 0.29) is 30.0 Å². The van der Waals surface area contributed by atoms with Crippen LogP contribution in [0.15, 0.2) is 29.1 Å². The van der Waals surface area contributed by atoms with Crippen molar-refractivity contribution >= 4 is 22.9 Å². The van der Waals surface area contributed by atoms with Crippen molar-refractivity contribution in [2.45, 2.75) is 31.8 Å². The lowest BCUT2D eigenvalue weighted by molar-refractivity contribution is -0.149. The van der Waals surface area contributed by atoms with Crippen molar-refractivity contribution in [1.82, 2.24) is 14.5 Å². The molecule has 126 valence electrons. The number of hydrogen-bond donors (Lipinski definition) is 2. The second kappa shape index (κ2) is 5.51. The van der Waals surface area contributed by atoms with Gasteiger partial charge in [-0.1, -0.05) is 18.6 Å². The number of carbonyl (C=O) groups excluding carboxylic acids is 1. The van der Waals surface area contributed by atoms with E-state index < -0.39 is 12.0 Å². The van der Waals surface area contributed by atoms with Crippen molar-refractivity contribution in [3.05, 3.63) is 34.7 Å². The van der Waals surface area contributed by atoms with Gasteiger partial charge in [0.25, 0.3) is 0 Å². The molecule has 0 radical (unpaired) electrons. The molecule has 1 saturated heterocycles. The number of carbonyl (C=O) groups is 2.